The van der Waals surface area contributed by atoms with E-state index in [-0.39, 0.29) is 50.1 Å². The minimum absolute atomic E-state index is 0.00965. The number of ether oxygens (including phenoxy) is 1. The van der Waals surface area contributed by atoms with E-state index in [1.165, 1.54) is 18.0 Å². The van der Waals surface area contributed by atoms with E-state index < -0.39 is 65.6 Å². The summed E-state index contributed by atoms with van der Waals surface area (Å²) in [4.78, 5) is 4.11. The average Bonchev–Trinajstić information content (AvgIpc) is 3.42. The van der Waals surface area contributed by atoms with Gasteiger partial charge in [0.1, 0.15) is 5.67 Å². The van der Waals surface area contributed by atoms with Gasteiger partial charge in [-0.05, 0) is 78.4 Å². The van der Waals surface area contributed by atoms with E-state index >= 15 is 4.39 Å². The number of piperidine rings is 1. The highest BCUT2D eigenvalue weighted by molar-refractivity contribution is 5.42. The lowest BCUT2D eigenvalue weighted by Gasteiger charge is -2.41. The second-order valence-electron chi connectivity index (χ2n) is 11.5. The van der Waals surface area contributed by atoms with Crippen molar-refractivity contribution in [1.29, 1.82) is 0 Å². The number of likely N-dealkylation sites (tertiary alicyclic amines) is 1. The quantitative estimate of drug-likeness (QED) is 0.193. The molecule has 1 atom stereocenters. The Morgan fingerprint density at radius 1 is 0.851 bits per heavy atom. The van der Waals surface area contributed by atoms with E-state index in [1.807, 2.05) is 11.8 Å². The number of hydrogen-bond acceptors (Lipinski definition) is 6. The van der Waals surface area contributed by atoms with Gasteiger partial charge < -0.3 is 9.64 Å². The molecule has 2 aromatic carbocycles. The Morgan fingerprint density at radius 3 is 1.94 bits per heavy atom. The van der Waals surface area contributed by atoms with Crippen molar-refractivity contribution in [2.24, 2.45) is 7.05 Å². The summed E-state index contributed by atoms with van der Waals surface area (Å²) in [6.45, 7) is 3.33. The van der Waals surface area contributed by atoms with Gasteiger partial charge in [-0.15, -0.1) is 5.10 Å². The van der Waals surface area contributed by atoms with Gasteiger partial charge >= 0.3 is 18.5 Å². The van der Waals surface area contributed by atoms with Crippen molar-refractivity contribution in [2.45, 2.75) is 76.4 Å². The number of alkyl halides is 10. The number of anilines is 1. The molecule has 17 heteroatoms. The molecule has 4 rings (SSSR count). The van der Waals surface area contributed by atoms with Crippen LogP contribution in [-0.2, 0) is 43.4 Å². The molecular formula is C30H34F10N6O. The maximum absolute atomic E-state index is 15.3. The number of hydrogen-bond donors (Lipinski definition) is 0. The fourth-order valence-electron chi connectivity index (χ4n) is 5.72. The summed E-state index contributed by atoms with van der Waals surface area (Å²) in [5.41, 5.74) is -5.54. The summed E-state index contributed by atoms with van der Waals surface area (Å²) in [5.74, 6) is -0.231. The fourth-order valence-corrected chi connectivity index (χ4v) is 5.72. The van der Waals surface area contributed by atoms with E-state index in [2.05, 4.69) is 15.4 Å². The van der Waals surface area contributed by atoms with Crippen LogP contribution in [0.1, 0.15) is 72.5 Å². The summed E-state index contributed by atoms with van der Waals surface area (Å²) in [7, 11) is 1.37. The summed E-state index contributed by atoms with van der Waals surface area (Å²) >= 11 is 0. The molecular weight excluding hydrogens is 650 g/mol. The third-order valence-electron chi connectivity index (χ3n) is 8.08. The second kappa shape index (κ2) is 13.9. The Kier molecular flexibility index (Phi) is 10.8. The Hall–Kier alpha value is -3.47. The van der Waals surface area contributed by atoms with Crippen LogP contribution in [0.5, 0.6) is 0 Å². The van der Waals surface area contributed by atoms with Crippen molar-refractivity contribution in [3.63, 3.8) is 0 Å². The molecule has 47 heavy (non-hydrogen) atoms. The molecule has 0 amide bonds. The Labute approximate surface area is 264 Å². The molecule has 0 unspecified atom stereocenters. The Balaban J connectivity index is 1.76. The van der Waals surface area contributed by atoms with E-state index in [1.54, 1.807) is 6.92 Å². The van der Waals surface area contributed by atoms with Gasteiger partial charge in [0.05, 0.1) is 30.3 Å². The van der Waals surface area contributed by atoms with Crippen LogP contribution < -0.4 is 4.90 Å². The first kappa shape index (κ1) is 36.4. The number of rotatable bonds is 11. The van der Waals surface area contributed by atoms with Crippen molar-refractivity contribution >= 4 is 5.95 Å². The van der Waals surface area contributed by atoms with Gasteiger partial charge in [-0.3, -0.25) is 4.90 Å². The van der Waals surface area contributed by atoms with Gasteiger partial charge in [-0.1, -0.05) is 18.1 Å². The molecule has 0 spiro atoms. The Morgan fingerprint density at radius 2 is 1.45 bits per heavy atom. The van der Waals surface area contributed by atoms with Crippen LogP contribution >= 0.6 is 0 Å². The van der Waals surface area contributed by atoms with Crippen molar-refractivity contribution in [3.8, 4) is 0 Å². The summed E-state index contributed by atoms with van der Waals surface area (Å²) in [5, 5.41) is 11.6. The lowest BCUT2D eigenvalue weighted by molar-refractivity contribution is -0.143. The molecule has 3 aromatic rings. The van der Waals surface area contributed by atoms with E-state index in [9.17, 15) is 39.5 Å². The van der Waals surface area contributed by atoms with E-state index in [4.69, 9.17) is 4.74 Å². The van der Waals surface area contributed by atoms with Crippen LogP contribution in [0.25, 0.3) is 0 Å². The van der Waals surface area contributed by atoms with Crippen molar-refractivity contribution in [3.05, 3.63) is 69.8 Å². The number of halogens is 10. The number of benzene rings is 2. The molecule has 1 aliphatic rings. The zero-order valence-corrected chi connectivity index (χ0v) is 25.8. The maximum Gasteiger partial charge on any atom is 0.416 e. The molecule has 0 bridgehead atoms. The third-order valence-corrected chi connectivity index (χ3v) is 8.08. The summed E-state index contributed by atoms with van der Waals surface area (Å²) < 4.78 is 144. The second-order valence-corrected chi connectivity index (χ2v) is 11.5. The highest BCUT2D eigenvalue weighted by Gasteiger charge is 2.39. The lowest BCUT2D eigenvalue weighted by atomic mass is 9.89. The number of tetrazole rings is 1. The van der Waals surface area contributed by atoms with Crippen LogP contribution in [0.2, 0.25) is 0 Å². The first-order valence-electron chi connectivity index (χ1n) is 14.8. The Bertz CT molecular complexity index is 1460. The number of aryl methyl sites for hydroxylation is 1. The SMILES string of the molecule is CCOCC1(F)CCN([C@H](CC)c2ccc(C(F)(F)F)cc2CN(Cc2cc(C(F)(F)F)cc(C(F)(F)F)c2)c2nnn(C)n2)CC1. The zero-order chi connectivity index (χ0) is 34.8. The van der Waals surface area contributed by atoms with Crippen molar-refractivity contribution in [1.82, 2.24) is 25.1 Å². The number of nitrogens with zero attached hydrogens (tertiary/aromatic N) is 6. The first-order chi connectivity index (χ1) is 21.8. The highest BCUT2D eigenvalue weighted by atomic mass is 19.4. The van der Waals surface area contributed by atoms with Crippen LogP contribution in [0.15, 0.2) is 36.4 Å². The molecule has 1 fully saturated rings. The van der Waals surface area contributed by atoms with Gasteiger partial charge in [-0.2, -0.15) is 44.3 Å². The minimum Gasteiger partial charge on any atom is -0.378 e. The van der Waals surface area contributed by atoms with Crippen molar-refractivity contribution < 1.29 is 48.6 Å². The smallest absolute Gasteiger partial charge is 0.378 e. The van der Waals surface area contributed by atoms with Crippen LogP contribution in [-0.4, -0.2) is 57.1 Å². The fraction of sp³-hybridized carbons (Fsp3) is 0.567. The molecule has 0 N–H and O–H groups in total. The third kappa shape index (κ3) is 9.12. The standard InChI is InChI=1S/C30H34F10N6O/c1-4-25(45-10-8-27(31,9-11-45)18-47-5-2)24-7-6-21(28(32,33)34)14-20(24)17-46(26-41-43-44(3)42-26)16-19-12-22(29(35,36)37)15-23(13-19)30(38,39)40/h6-7,12-15,25H,4-5,8-11,16-18H2,1-3H3/t25-/m1/s1. The monoisotopic (exact) mass is 684 g/mol. The molecule has 1 saturated heterocycles. The zero-order valence-electron chi connectivity index (χ0n) is 25.8. The minimum atomic E-state index is -5.11. The van der Waals surface area contributed by atoms with Gasteiger partial charge in [-0.25, -0.2) is 4.39 Å². The predicted molar refractivity (Wildman–Crippen MR) is 151 cm³/mol. The largest absolute Gasteiger partial charge is 0.416 e. The average molecular weight is 685 g/mol. The van der Waals surface area contributed by atoms with Crippen LogP contribution in [0, 0.1) is 0 Å². The molecule has 260 valence electrons. The summed E-state index contributed by atoms with van der Waals surface area (Å²) in [6.07, 6.45) is -14.3. The van der Waals surface area contributed by atoms with Gasteiger partial charge in [0.15, 0.2) is 0 Å². The predicted octanol–water partition coefficient (Wildman–Crippen LogP) is 7.77. The van der Waals surface area contributed by atoms with Crippen LogP contribution in [0.3, 0.4) is 0 Å². The highest BCUT2D eigenvalue weighted by Crippen LogP contribution is 2.39. The molecule has 7 nitrogen and oxygen atoms in total. The van der Waals surface area contributed by atoms with Crippen LogP contribution in [0.4, 0.5) is 49.9 Å². The van der Waals surface area contributed by atoms with Gasteiger partial charge in [0.25, 0.3) is 5.95 Å². The molecule has 0 radical (unpaired) electrons. The van der Waals surface area contributed by atoms with E-state index in [0.29, 0.717) is 30.7 Å². The van der Waals surface area contributed by atoms with Gasteiger partial charge in [0.2, 0.25) is 0 Å². The van der Waals surface area contributed by atoms with Crippen molar-refractivity contribution in [2.75, 3.05) is 31.2 Å². The topological polar surface area (TPSA) is 59.3 Å². The molecule has 2 heterocycles. The molecule has 0 saturated carbocycles. The first-order valence-corrected chi connectivity index (χ1v) is 14.8. The normalized spacial score (nSPS) is 16.8. The van der Waals surface area contributed by atoms with E-state index in [0.717, 1.165) is 16.9 Å². The maximum atomic E-state index is 15.3. The molecule has 0 aliphatic carbocycles. The number of aromatic nitrogens is 4. The lowest BCUT2D eigenvalue weighted by Crippen LogP contribution is -2.45. The molecule has 1 aliphatic heterocycles. The summed E-state index contributed by atoms with van der Waals surface area (Å²) in [6, 6.07) is 3.70. The molecule has 1 aromatic heterocycles. The van der Waals surface area contributed by atoms with Gasteiger partial charge in [0, 0.05) is 38.8 Å².